The number of aromatic nitrogens is 1. The van der Waals surface area contributed by atoms with Crippen molar-refractivity contribution in [1.29, 1.82) is 5.26 Å². The molecule has 0 unspecified atom stereocenters. The fraction of sp³-hybridized carbons (Fsp3) is 0.348. The smallest absolute Gasteiger partial charge is 0.155 e. The van der Waals surface area contributed by atoms with Gasteiger partial charge in [0.15, 0.2) is 5.75 Å². The van der Waals surface area contributed by atoms with E-state index in [1.54, 1.807) is 6.07 Å². The Kier molecular flexibility index (Phi) is 5.12. The average Bonchev–Trinajstić information content (AvgIpc) is 3.10. The summed E-state index contributed by atoms with van der Waals surface area (Å²) in [5.41, 5.74) is 4.18. The number of halogens is 2. The lowest BCUT2D eigenvalue weighted by Crippen LogP contribution is -2.70. The highest BCUT2D eigenvalue weighted by Crippen LogP contribution is 2.36. The maximum Gasteiger partial charge on any atom is 0.155 e. The molecule has 1 N–H and O–H groups in total. The Morgan fingerprint density at radius 2 is 2.00 bits per heavy atom. The molecule has 3 heterocycles. The van der Waals surface area contributed by atoms with Gasteiger partial charge in [0.2, 0.25) is 0 Å². The Morgan fingerprint density at radius 3 is 2.70 bits per heavy atom. The van der Waals surface area contributed by atoms with Crippen molar-refractivity contribution in [2.24, 2.45) is 5.41 Å². The molecule has 0 atom stereocenters. The van der Waals surface area contributed by atoms with Crippen molar-refractivity contribution in [3.05, 3.63) is 58.7 Å². The minimum atomic E-state index is 0.305. The quantitative estimate of drug-likeness (QED) is 0.584. The van der Waals surface area contributed by atoms with Gasteiger partial charge in [-0.25, -0.2) is 0 Å². The summed E-state index contributed by atoms with van der Waals surface area (Å²) in [5, 5.41) is 14.5. The van der Waals surface area contributed by atoms with Gasteiger partial charge in [0.1, 0.15) is 12.7 Å². The van der Waals surface area contributed by atoms with Gasteiger partial charge < -0.3 is 14.6 Å². The van der Waals surface area contributed by atoms with Crippen molar-refractivity contribution in [1.82, 2.24) is 14.8 Å². The molecule has 0 aliphatic carbocycles. The van der Waals surface area contributed by atoms with Gasteiger partial charge in [-0.15, -0.1) is 11.6 Å². The summed E-state index contributed by atoms with van der Waals surface area (Å²) < 4.78 is 7.61. The number of fused-ring (bicyclic) bond motifs is 1. The van der Waals surface area contributed by atoms with Gasteiger partial charge in [-0.05, 0) is 35.9 Å². The first-order chi connectivity index (χ1) is 14.6. The molecule has 7 heteroatoms. The van der Waals surface area contributed by atoms with Crippen LogP contribution in [-0.4, -0.2) is 48.1 Å². The van der Waals surface area contributed by atoms with Crippen LogP contribution >= 0.6 is 23.2 Å². The van der Waals surface area contributed by atoms with Gasteiger partial charge in [0, 0.05) is 55.4 Å². The van der Waals surface area contributed by atoms with E-state index in [1.807, 2.05) is 12.3 Å². The Morgan fingerprint density at radius 1 is 1.17 bits per heavy atom. The number of hydrogen-bond donors (Lipinski definition) is 1. The van der Waals surface area contributed by atoms with Gasteiger partial charge in [-0.3, -0.25) is 4.90 Å². The first-order valence-electron chi connectivity index (χ1n) is 10.1. The number of nitriles is 1. The SMILES string of the molecule is N#Cc1cc(-n2ccc3cc(CN4CC5(CNC5)C4)ccc32)cc(Cl)c1OCCCl. The molecule has 0 radical (unpaired) electrons. The normalized spacial score (nSPS) is 17.5. The van der Waals surface area contributed by atoms with E-state index < -0.39 is 0 Å². The molecule has 154 valence electrons. The van der Waals surface area contributed by atoms with E-state index in [-0.39, 0.29) is 0 Å². The molecule has 2 aliphatic heterocycles. The van der Waals surface area contributed by atoms with Gasteiger partial charge in [0.05, 0.1) is 22.0 Å². The van der Waals surface area contributed by atoms with Crippen molar-refractivity contribution in [3.8, 4) is 17.5 Å². The second kappa shape index (κ2) is 7.79. The van der Waals surface area contributed by atoms with Crippen molar-refractivity contribution >= 4 is 34.1 Å². The summed E-state index contributed by atoms with van der Waals surface area (Å²) in [6, 6.07) is 14.5. The lowest BCUT2D eigenvalue weighted by Gasteiger charge is -2.56. The summed E-state index contributed by atoms with van der Waals surface area (Å²) >= 11 is 12.1. The number of nitrogens with one attached hydrogen (secondary N) is 1. The van der Waals surface area contributed by atoms with E-state index in [9.17, 15) is 5.26 Å². The van der Waals surface area contributed by atoms with Crippen LogP contribution in [0.2, 0.25) is 5.02 Å². The zero-order chi connectivity index (χ0) is 20.7. The standard InChI is InChI=1S/C23H22Cl2N4O/c24-4-6-30-22-18(10-26)8-19(9-20(22)25)29-5-3-17-7-16(1-2-21(17)29)11-28-14-23(15-28)12-27-13-23/h1-3,5,7-9,27H,4,6,11-15H2. The predicted octanol–water partition coefficient (Wildman–Crippen LogP) is 4.18. The molecule has 30 heavy (non-hydrogen) atoms. The van der Waals surface area contributed by atoms with Crippen molar-refractivity contribution < 1.29 is 4.74 Å². The molecular weight excluding hydrogens is 419 g/mol. The van der Waals surface area contributed by atoms with E-state index in [2.05, 4.69) is 45.1 Å². The lowest BCUT2D eigenvalue weighted by atomic mass is 9.74. The maximum atomic E-state index is 9.55. The van der Waals surface area contributed by atoms with E-state index in [4.69, 9.17) is 27.9 Å². The van der Waals surface area contributed by atoms with Crippen LogP contribution in [0.25, 0.3) is 16.6 Å². The van der Waals surface area contributed by atoms with Crippen LogP contribution in [0.4, 0.5) is 0 Å². The molecule has 1 aromatic heterocycles. The van der Waals surface area contributed by atoms with Crippen LogP contribution in [-0.2, 0) is 6.54 Å². The second-order valence-corrected chi connectivity index (χ2v) is 9.07. The maximum absolute atomic E-state index is 9.55. The molecular formula is C23H22Cl2N4O. The zero-order valence-electron chi connectivity index (χ0n) is 16.5. The van der Waals surface area contributed by atoms with Crippen LogP contribution in [0.1, 0.15) is 11.1 Å². The minimum absolute atomic E-state index is 0.305. The minimum Gasteiger partial charge on any atom is -0.489 e. The van der Waals surface area contributed by atoms with E-state index in [1.165, 1.54) is 24.0 Å². The largest absolute Gasteiger partial charge is 0.489 e. The Bertz CT molecular complexity index is 1140. The molecule has 0 bridgehead atoms. The summed E-state index contributed by atoms with van der Waals surface area (Å²) in [4.78, 5) is 2.51. The van der Waals surface area contributed by atoms with Crippen molar-refractivity contribution in [2.45, 2.75) is 6.54 Å². The van der Waals surface area contributed by atoms with E-state index >= 15 is 0 Å². The topological polar surface area (TPSA) is 53.2 Å². The number of ether oxygens (including phenoxy) is 1. The highest BCUT2D eigenvalue weighted by molar-refractivity contribution is 6.32. The molecule has 2 aliphatic rings. The molecule has 2 aromatic carbocycles. The number of nitrogens with zero attached hydrogens (tertiary/aromatic N) is 3. The van der Waals surface area contributed by atoms with Crippen LogP contribution in [0.3, 0.4) is 0 Å². The van der Waals surface area contributed by atoms with Crippen molar-refractivity contribution in [3.63, 3.8) is 0 Å². The third-order valence-electron chi connectivity index (χ3n) is 6.03. The molecule has 1 spiro atoms. The number of likely N-dealkylation sites (tertiary alicyclic amines) is 1. The molecule has 5 nitrogen and oxygen atoms in total. The number of hydrogen-bond acceptors (Lipinski definition) is 4. The second-order valence-electron chi connectivity index (χ2n) is 8.28. The molecule has 0 saturated carbocycles. The predicted molar refractivity (Wildman–Crippen MR) is 120 cm³/mol. The Hall–Kier alpha value is -2.23. The number of alkyl halides is 1. The molecule has 2 fully saturated rings. The van der Waals surface area contributed by atoms with E-state index in [0.29, 0.717) is 34.2 Å². The third-order valence-corrected chi connectivity index (χ3v) is 6.46. The fourth-order valence-corrected chi connectivity index (χ4v) is 4.92. The highest BCUT2D eigenvalue weighted by atomic mass is 35.5. The monoisotopic (exact) mass is 440 g/mol. The Balaban J connectivity index is 1.40. The van der Waals surface area contributed by atoms with Gasteiger partial charge in [-0.2, -0.15) is 5.26 Å². The van der Waals surface area contributed by atoms with Crippen LogP contribution < -0.4 is 10.1 Å². The number of benzene rings is 2. The fourth-order valence-electron chi connectivity index (χ4n) is 4.58. The molecule has 0 amide bonds. The summed E-state index contributed by atoms with van der Waals surface area (Å²) in [5.74, 6) is 0.722. The summed E-state index contributed by atoms with van der Waals surface area (Å²) in [6.45, 7) is 5.99. The van der Waals surface area contributed by atoms with Gasteiger partial charge in [0.25, 0.3) is 0 Å². The number of rotatable bonds is 6. The van der Waals surface area contributed by atoms with Crippen LogP contribution in [0.5, 0.6) is 5.75 Å². The van der Waals surface area contributed by atoms with Gasteiger partial charge in [-0.1, -0.05) is 17.7 Å². The van der Waals surface area contributed by atoms with Gasteiger partial charge >= 0.3 is 0 Å². The zero-order valence-corrected chi connectivity index (χ0v) is 18.0. The first-order valence-corrected chi connectivity index (χ1v) is 11.0. The lowest BCUT2D eigenvalue weighted by molar-refractivity contribution is -0.0444. The van der Waals surface area contributed by atoms with Crippen LogP contribution in [0.15, 0.2) is 42.6 Å². The van der Waals surface area contributed by atoms with Crippen LogP contribution in [0, 0.1) is 16.7 Å². The Labute approximate surface area is 185 Å². The van der Waals surface area contributed by atoms with E-state index in [0.717, 1.165) is 30.8 Å². The third kappa shape index (κ3) is 3.44. The molecule has 2 saturated heterocycles. The average molecular weight is 441 g/mol. The summed E-state index contributed by atoms with van der Waals surface area (Å²) in [7, 11) is 0. The first kappa shape index (κ1) is 19.7. The molecule has 5 rings (SSSR count). The van der Waals surface area contributed by atoms with Crippen molar-refractivity contribution in [2.75, 3.05) is 38.7 Å². The molecule has 3 aromatic rings. The summed E-state index contributed by atoms with van der Waals surface area (Å²) in [6.07, 6.45) is 2.01. The highest BCUT2D eigenvalue weighted by Gasteiger charge is 2.47.